The predicted molar refractivity (Wildman–Crippen MR) is 104 cm³/mol. The summed E-state index contributed by atoms with van der Waals surface area (Å²) in [5.74, 6) is 0. The van der Waals surface area contributed by atoms with Gasteiger partial charge in [0.25, 0.3) is 0 Å². The molecule has 0 aromatic rings. The van der Waals surface area contributed by atoms with Gasteiger partial charge >= 0.3 is 0 Å². The van der Waals surface area contributed by atoms with Crippen molar-refractivity contribution in [3.63, 3.8) is 0 Å². The van der Waals surface area contributed by atoms with Crippen LogP contribution >= 0.6 is 135 Å². The Morgan fingerprint density at radius 2 is 0.857 bits per heavy atom. The maximum Gasteiger partial charge on any atom is 0.103 e. The van der Waals surface area contributed by atoms with Crippen molar-refractivity contribution >= 4 is 135 Å². The highest BCUT2D eigenvalue weighted by Gasteiger charge is 1.77. The molecule has 0 aromatic carbocycles. The van der Waals surface area contributed by atoms with E-state index in [1.54, 1.807) is 6.92 Å². The van der Waals surface area contributed by atoms with Gasteiger partial charge in [-0.15, -0.1) is 34.0 Å². The van der Waals surface area contributed by atoms with E-state index in [0.29, 0.717) is 0 Å². The van der Waals surface area contributed by atoms with E-state index in [0.717, 1.165) is 0 Å². The van der Waals surface area contributed by atoms with Crippen LogP contribution in [0.25, 0.3) is 0 Å². The first-order valence-electron chi connectivity index (χ1n) is 2.04. The first kappa shape index (κ1) is 36.3. The zero-order chi connectivity index (χ0) is 9.86. The van der Waals surface area contributed by atoms with Crippen LogP contribution in [-0.4, -0.2) is 17.2 Å². The van der Waals surface area contributed by atoms with Gasteiger partial charge in [0.15, 0.2) is 0 Å². The van der Waals surface area contributed by atoms with E-state index >= 15 is 0 Å². The molecule has 3 N–H and O–H groups in total. The van der Waals surface area contributed by atoms with Crippen LogP contribution in [0.1, 0.15) is 6.92 Å². The molecule has 0 saturated heterocycles. The van der Waals surface area contributed by atoms with Crippen molar-refractivity contribution in [2.75, 3.05) is 6.61 Å². The average Bonchev–Trinajstić information content (AvgIpc) is 1.60. The van der Waals surface area contributed by atoms with E-state index in [1.807, 2.05) is 0 Å². The highest BCUT2D eigenvalue weighted by molar-refractivity contribution is 9.93. The summed E-state index contributed by atoms with van der Waals surface area (Å²) < 4.78 is -0.366. The Balaban J connectivity index is -0.0000000156. The minimum absolute atomic E-state index is 0. The van der Waals surface area contributed by atoms with Crippen molar-refractivity contribution in [2.24, 2.45) is 0 Å². The topological polar surface area (TPSA) is 51.7 Å². The van der Waals surface area contributed by atoms with Gasteiger partial charge in [0.1, 0.15) is 8.06 Å². The molecular weight excluding hydrogens is 757 g/mol. The SMILES string of the molecule is Br.Br.BrP(Br)Br.BrP(Br)Br.CCO.O. The number of halogens is 8. The molecule has 14 heavy (non-hydrogen) atoms. The van der Waals surface area contributed by atoms with Crippen LogP contribution < -0.4 is 0 Å². The summed E-state index contributed by atoms with van der Waals surface area (Å²) >= 11 is 19.0. The second-order valence-corrected chi connectivity index (χ2v) is 31.4. The Labute approximate surface area is 156 Å². The number of hydrogen-bond acceptors (Lipinski definition) is 1. The van der Waals surface area contributed by atoms with E-state index in [1.165, 1.54) is 0 Å². The number of aliphatic hydroxyl groups excluding tert-OH is 1. The van der Waals surface area contributed by atoms with Gasteiger partial charge in [-0.25, -0.2) is 0 Å². The monoisotopic (exact) mass is 759 g/mol. The van der Waals surface area contributed by atoms with Gasteiger partial charge in [-0.2, -0.15) is 0 Å². The van der Waals surface area contributed by atoms with E-state index in [4.69, 9.17) is 5.11 Å². The van der Waals surface area contributed by atoms with Crippen LogP contribution in [0, 0.1) is 0 Å². The Bertz CT molecular complexity index is 47.1. The molecule has 0 amide bonds. The third kappa shape index (κ3) is 190. The van der Waals surface area contributed by atoms with Crippen molar-refractivity contribution in [3.8, 4) is 0 Å². The highest BCUT2D eigenvalue weighted by Crippen LogP contribution is 2.59. The number of hydrogen-bond donors (Lipinski definition) is 1. The predicted octanol–water partition coefficient (Wildman–Crippen LogP) is 7.13. The van der Waals surface area contributed by atoms with Gasteiger partial charge < -0.3 is 10.6 Å². The summed E-state index contributed by atoms with van der Waals surface area (Å²) in [6.07, 6.45) is 0. The molecule has 0 radical (unpaired) electrons. The summed E-state index contributed by atoms with van der Waals surface area (Å²) in [6.45, 7) is 1.93. The van der Waals surface area contributed by atoms with Gasteiger partial charge in [0.05, 0.1) is 0 Å². The molecule has 0 unspecified atom stereocenters. The van der Waals surface area contributed by atoms with E-state index in [9.17, 15) is 0 Å². The molecule has 0 aliphatic carbocycles. The fourth-order valence-corrected chi connectivity index (χ4v) is 0. The lowest BCUT2D eigenvalue weighted by molar-refractivity contribution is 0.318. The lowest BCUT2D eigenvalue weighted by Gasteiger charge is -1.70. The second-order valence-electron chi connectivity index (χ2n) is 0.700. The molecule has 0 rings (SSSR count). The summed E-state index contributed by atoms with van der Waals surface area (Å²) in [7, 11) is 0. The first-order chi connectivity index (χ1) is 4.88. The van der Waals surface area contributed by atoms with Crippen LogP contribution in [0.2, 0.25) is 0 Å². The Morgan fingerprint density at radius 3 is 0.857 bits per heavy atom. The minimum Gasteiger partial charge on any atom is -0.412 e. The first-order valence-corrected chi connectivity index (χ1v) is 16.8. The number of rotatable bonds is 0. The Kier molecular flexibility index (Phi) is 93.5. The normalized spacial score (nSPS) is 6.43. The molecule has 0 aliphatic heterocycles. The summed E-state index contributed by atoms with van der Waals surface area (Å²) in [5.41, 5.74) is 0. The van der Waals surface area contributed by atoms with Crippen LogP contribution in [0.4, 0.5) is 0 Å². The molecule has 0 aromatic heterocycles. The van der Waals surface area contributed by atoms with Crippen molar-refractivity contribution in [2.45, 2.75) is 6.92 Å². The van der Waals surface area contributed by atoms with Gasteiger partial charge in [0, 0.05) is 6.61 Å². The molecule has 0 bridgehead atoms. The number of aliphatic hydroxyl groups is 1. The zero-order valence-electron chi connectivity index (χ0n) is 6.63. The second kappa shape index (κ2) is 36.0. The van der Waals surface area contributed by atoms with Gasteiger partial charge in [-0.05, 0) is 99.9 Å². The van der Waals surface area contributed by atoms with Crippen molar-refractivity contribution in [3.05, 3.63) is 0 Å². The van der Waals surface area contributed by atoms with Gasteiger partial charge in [-0.3, -0.25) is 0 Å². The summed E-state index contributed by atoms with van der Waals surface area (Å²) in [6, 6.07) is 0. The fraction of sp³-hybridized carbons (Fsp3) is 1.00. The molecule has 0 fully saturated rings. The summed E-state index contributed by atoms with van der Waals surface area (Å²) in [5, 5.41) is 7.57. The van der Waals surface area contributed by atoms with E-state index in [-0.39, 0.29) is 54.1 Å². The van der Waals surface area contributed by atoms with Crippen LogP contribution in [-0.2, 0) is 0 Å². The standard InChI is InChI=1S/C2H6O.2Br3P.2BrH.H2O/c1-2-3;2*1-4(2)3;;;/h3H,2H2,1H3;;;2*1H;1H2. The van der Waals surface area contributed by atoms with Crippen molar-refractivity contribution in [1.29, 1.82) is 0 Å². The zero-order valence-corrected chi connectivity index (χ0v) is 21.4. The third-order valence-corrected chi connectivity index (χ3v) is 0. The van der Waals surface area contributed by atoms with Crippen LogP contribution in [0.3, 0.4) is 0 Å². The molecule has 0 heterocycles. The molecule has 0 spiro atoms. The lowest BCUT2D eigenvalue weighted by Crippen LogP contribution is -1.57. The summed E-state index contributed by atoms with van der Waals surface area (Å²) in [4.78, 5) is 0. The minimum atomic E-state index is -0.183. The molecule has 96 valence electrons. The van der Waals surface area contributed by atoms with Crippen molar-refractivity contribution in [1.82, 2.24) is 0 Å². The fourth-order valence-electron chi connectivity index (χ4n) is 0. The highest BCUT2D eigenvalue weighted by atomic mass is 80.0. The third-order valence-electron chi connectivity index (χ3n) is 0. The largest absolute Gasteiger partial charge is 0.412 e. The Hall–Kier alpha value is 4.62. The molecular formula is C2H10Br8O2P2. The molecule has 2 nitrogen and oxygen atoms in total. The lowest BCUT2D eigenvalue weighted by atomic mass is 10.9. The Morgan fingerprint density at radius 1 is 0.857 bits per heavy atom. The van der Waals surface area contributed by atoms with Gasteiger partial charge in [0.2, 0.25) is 0 Å². The maximum atomic E-state index is 7.57. The molecule has 0 saturated carbocycles. The van der Waals surface area contributed by atoms with Crippen LogP contribution in [0.5, 0.6) is 0 Å². The maximum absolute atomic E-state index is 7.57. The van der Waals surface area contributed by atoms with Crippen LogP contribution in [0.15, 0.2) is 0 Å². The van der Waals surface area contributed by atoms with Crippen molar-refractivity contribution < 1.29 is 10.6 Å². The average molecular weight is 767 g/mol. The molecule has 12 heteroatoms. The van der Waals surface area contributed by atoms with E-state index < -0.39 is 0 Å². The quantitative estimate of drug-likeness (QED) is 0.263. The van der Waals surface area contributed by atoms with Gasteiger partial charge in [-0.1, -0.05) is 0 Å². The smallest absolute Gasteiger partial charge is 0.103 e. The molecule has 0 aliphatic rings. The van der Waals surface area contributed by atoms with E-state index in [2.05, 4.69) is 92.9 Å². The molecule has 0 atom stereocenters.